The third kappa shape index (κ3) is 4.20. The summed E-state index contributed by atoms with van der Waals surface area (Å²) in [7, 11) is 0. The number of likely N-dealkylation sites (tertiary alicyclic amines) is 1. The highest BCUT2D eigenvalue weighted by Gasteiger charge is 2.26. The second kappa shape index (κ2) is 9.47. The molecule has 1 fully saturated rings. The molecule has 2 N–H and O–H groups in total. The van der Waals surface area contributed by atoms with Crippen LogP contribution in [0.15, 0.2) is 53.3 Å². The number of aromatic nitrogens is 3. The summed E-state index contributed by atoms with van der Waals surface area (Å²) in [5, 5.41) is 12.7. The third-order valence-corrected chi connectivity index (χ3v) is 7.08. The Labute approximate surface area is 207 Å². The molecule has 1 amide bonds. The number of halogens is 1. The number of amides is 1. The highest BCUT2D eigenvalue weighted by Crippen LogP contribution is 2.30. The van der Waals surface area contributed by atoms with Crippen LogP contribution in [0.3, 0.4) is 0 Å². The fourth-order valence-electron chi connectivity index (χ4n) is 5.12. The van der Waals surface area contributed by atoms with Crippen molar-refractivity contribution in [3.05, 3.63) is 81.7 Å². The van der Waals surface area contributed by atoms with Gasteiger partial charge in [0.25, 0.3) is 0 Å². The molecule has 0 atom stereocenters. The molecule has 3 heterocycles. The first-order chi connectivity index (χ1) is 17.4. The van der Waals surface area contributed by atoms with Crippen LogP contribution in [-0.4, -0.2) is 44.6 Å². The predicted octanol–water partition coefficient (Wildman–Crippen LogP) is 4.02. The molecule has 0 bridgehead atoms. The van der Waals surface area contributed by atoms with Crippen LogP contribution in [0.2, 0.25) is 0 Å². The minimum Gasteiger partial charge on any atom is -0.310 e. The number of H-pyrrole nitrogens is 1. The summed E-state index contributed by atoms with van der Waals surface area (Å²) >= 11 is 0. The first kappa shape index (κ1) is 23.6. The van der Waals surface area contributed by atoms with E-state index in [1.807, 2.05) is 42.7 Å². The number of carbonyl (C=O) groups excluding carboxylic acids is 1. The molecule has 5 rings (SSSR count). The Morgan fingerprint density at radius 3 is 2.53 bits per heavy atom. The Morgan fingerprint density at radius 1 is 1.14 bits per heavy atom. The van der Waals surface area contributed by atoms with Crippen LogP contribution in [0.25, 0.3) is 16.7 Å². The Bertz CT molecular complexity index is 1530. The Morgan fingerprint density at radius 2 is 1.83 bits per heavy atom. The number of nitrogens with one attached hydrogen (secondary N) is 2. The van der Waals surface area contributed by atoms with Crippen molar-refractivity contribution in [2.75, 3.05) is 25.0 Å². The van der Waals surface area contributed by atoms with E-state index in [9.17, 15) is 19.2 Å². The summed E-state index contributed by atoms with van der Waals surface area (Å²) in [6, 6.07) is 15.9. The molecule has 0 saturated carbocycles. The second-order valence-corrected chi connectivity index (χ2v) is 9.23. The minimum atomic E-state index is -0.357. The largest absolute Gasteiger partial charge is 0.326 e. The van der Waals surface area contributed by atoms with Gasteiger partial charge in [-0.1, -0.05) is 12.1 Å². The zero-order valence-electron chi connectivity index (χ0n) is 20.2. The van der Waals surface area contributed by atoms with E-state index in [0.717, 1.165) is 35.1 Å². The van der Waals surface area contributed by atoms with Crippen LogP contribution in [-0.2, 0) is 4.79 Å². The number of aromatic amines is 1. The zero-order chi connectivity index (χ0) is 25.4. The van der Waals surface area contributed by atoms with Crippen molar-refractivity contribution in [1.29, 1.82) is 5.26 Å². The molecule has 0 radical (unpaired) electrons. The van der Waals surface area contributed by atoms with Crippen LogP contribution in [0.4, 0.5) is 10.2 Å². The first-order valence-corrected chi connectivity index (χ1v) is 12.0. The summed E-state index contributed by atoms with van der Waals surface area (Å²) in [5.41, 5.74) is 4.24. The number of nitrogens with zero attached hydrogens (tertiary/aromatic N) is 4. The lowest BCUT2D eigenvalue weighted by molar-refractivity contribution is -0.117. The fraction of sp³-hybridized carbons (Fsp3) is 0.296. The number of nitriles is 1. The van der Waals surface area contributed by atoms with Crippen molar-refractivity contribution in [2.45, 2.75) is 32.7 Å². The van der Waals surface area contributed by atoms with E-state index in [1.54, 1.807) is 16.7 Å². The molecule has 184 valence electrons. The van der Waals surface area contributed by atoms with Crippen molar-refractivity contribution < 1.29 is 9.18 Å². The Kier molecular flexibility index (Phi) is 6.20. The standard InChI is InChI=1S/C27H27FN6O2/c1-17-18(2)33(20-9-7-19(28)8-10-20)26(22(17)15-29)31-25(35)16-32-13-11-21(12-14-32)34-24-6-4-3-5-23(24)30-27(34)36/h3-10,21H,11-14,16H2,1-2H3,(H,30,36)(H,31,35). The van der Waals surface area contributed by atoms with E-state index in [0.29, 0.717) is 30.2 Å². The number of fused-ring (bicyclic) bond motifs is 1. The SMILES string of the molecule is Cc1c(C#N)c(NC(=O)CN2CCC(n3c(=O)[nH]c4ccccc43)CC2)n(-c2ccc(F)cc2)c1C. The maximum atomic E-state index is 13.5. The van der Waals surface area contributed by atoms with E-state index < -0.39 is 0 Å². The van der Waals surface area contributed by atoms with Gasteiger partial charge >= 0.3 is 5.69 Å². The van der Waals surface area contributed by atoms with Crippen LogP contribution in [0.5, 0.6) is 0 Å². The summed E-state index contributed by atoms with van der Waals surface area (Å²) in [5.74, 6) is -0.191. The molecule has 1 aliphatic heterocycles. The number of piperidine rings is 1. The zero-order valence-corrected chi connectivity index (χ0v) is 20.2. The Balaban J connectivity index is 1.30. The van der Waals surface area contributed by atoms with E-state index in [2.05, 4.69) is 21.3 Å². The highest BCUT2D eigenvalue weighted by molar-refractivity contribution is 5.93. The Hall–Kier alpha value is -4.16. The van der Waals surface area contributed by atoms with Gasteiger partial charge in [-0.25, -0.2) is 9.18 Å². The number of hydrogen-bond acceptors (Lipinski definition) is 4. The summed E-state index contributed by atoms with van der Waals surface area (Å²) in [6.45, 7) is 5.22. The van der Waals surface area contributed by atoms with Gasteiger partial charge in [-0.3, -0.25) is 18.8 Å². The number of carbonyl (C=O) groups is 1. The molecule has 0 unspecified atom stereocenters. The maximum Gasteiger partial charge on any atom is 0.326 e. The molecular weight excluding hydrogens is 459 g/mol. The lowest BCUT2D eigenvalue weighted by Crippen LogP contribution is -2.41. The van der Waals surface area contributed by atoms with Crippen molar-refractivity contribution in [1.82, 2.24) is 19.0 Å². The average Bonchev–Trinajstić information content (AvgIpc) is 3.32. The molecule has 0 aliphatic carbocycles. The van der Waals surface area contributed by atoms with Gasteiger partial charge < -0.3 is 10.3 Å². The molecular formula is C27H27FN6O2. The van der Waals surface area contributed by atoms with Gasteiger partial charge in [-0.2, -0.15) is 5.26 Å². The van der Waals surface area contributed by atoms with Crippen molar-refractivity contribution in [3.63, 3.8) is 0 Å². The van der Waals surface area contributed by atoms with Gasteiger partial charge in [-0.15, -0.1) is 0 Å². The number of benzene rings is 2. The number of imidazole rings is 1. The fourth-order valence-corrected chi connectivity index (χ4v) is 5.12. The molecule has 2 aromatic carbocycles. The highest BCUT2D eigenvalue weighted by atomic mass is 19.1. The van der Waals surface area contributed by atoms with E-state index in [-0.39, 0.29) is 30.0 Å². The van der Waals surface area contributed by atoms with Crippen LogP contribution < -0.4 is 11.0 Å². The lowest BCUT2D eigenvalue weighted by Gasteiger charge is -2.32. The topological polar surface area (TPSA) is 98.8 Å². The van der Waals surface area contributed by atoms with Crippen LogP contribution in [0.1, 0.15) is 35.7 Å². The number of rotatable bonds is 5. The summed E-state index contributed by atoms with van der Waals surface area (Å²) in [4.78, 5) is 30.6. The molecule has 4 aromatic rings. The van der Waals surface area contributed by atoms with E-state index in [4.69, 9.17) is 0 Å². The quantitative estimate of drug-likeness (QED) is 0.445. The van der Waals surface area contributed by atoms with Gasteiger partial charge in [0.15, 0.2) is 0 Å². The summed E-state index contributed by atoms with van der Waals surface area (Å²) in [6.07, 6.45) is 1.51. The molecule has 36 heavy (non-hydrogen) atoms. The second-order valence-electron chi connectivity index (χ2n) is 9.23. The molecule has 2 aromatic heterocycles. The molecule has 1 saturated heterocycles. The molecule has 8 nitrogen and oxygen atoms in total. The normalized spacial score (nSPS) is 14.7. The average molecular weight is 487 g/mol. The van der Waals surface area contributed by atoms with Crippen molar-refractivity contribution in [2.24, 2.45) is 0 Å². The molecule has 1 aliphatic rings. The van der Waals surface area contributed by atoms with E-state index >= 15 is 0 Å². The van der Waals surface area contributed by atoms with Crippen molar-refractivity contribution >= 4 is 22.8 Å². The van der Waals surface area contributed by atoms with Gasteiger partial charge in [-0.05, 0) is 68.7 Å². The van der Waals surface area contributed by atoms with Gasteiger partial charge in [0, 0.05) is 30.5 Å². The van der Waals surface area contributed by atoms with Gasteiger partial charge in [0.05, 0.1) is 23.1 Å². The molecule has 9 heteroatoms. The van der Waals surface area contributed by atoms with Crippen LogP contribution >= 0.6 is 0 Å². The molecule has 0 spiro atoms. The predicted molar refractivity (Wildman–Crippen MR) is 136 cm³/mol. The third-order valence-electron chi connectivity index (χ3n) is 7.08. The smallest absolute Gasteiger partial charge is 0.310 e. The van der Waals surface area contributed by atoms with Crippen LogP contribution in [0, 0.1) is 31.0 Å². The lowest BCUT2D eigenvalue weighted by atomic mass is 10.0. The van der Waals surface area contributed by atoms with Crippen molar-refractivity contribution in [3.8, 4) is 11.8 Å². The number of anilines is 1. The minimum absolute atomic E-state index is 0.0687. The van der Waals surface area contributed by atoms with Gasteiger partial charge in [0.1, 0.15) is 17.7 Å². The monoisotopic (exact) mass is 486 g/mol. The number of hydrogen-bond donors (Lipinski definition) is 2. The van der Waals surface area contributed by atoms with Gasteiger partial charge in [0.2, 0.25) is 5.91 Å². The maximum absolute atomic E-state index is 13.5. The first-order valence-electron chi connectivity index (χ1n) is 12.0. The number of para-hydroxylation sites is 2. The van der Waals surface area contributed by atoms with E-state index in [1.165, 1.54) is 12.1 Å². The summed E-state index contributed by atoms with van der Waals surface area (Å²) < 4.78 is 17.1.